The molecular formula is C42H49Cl2N2Ru. The van der Waals surface area contributed by atoms with E-state index in [9.17, 15) is 0 Å². The predicted octanol–water partition coefficient (Wildman–Crippen LogP) is 3.47. The van der Waals surface area contributed by atoms with Gasteiger partial charge in [-0.05, 0) is 74.4 Å². The maximum atomic E-state index is 3.29. The van der Waals surface area contributed by atoms with Crippen LogP contribution in [0.4, 0.5) is 11.4 Å². The Morgan fingerprint density at radius 1 is 0.511 bits per heavy atom. The number of benzene rings is 4. The van der Waals surface area contributed by atoms with E-state index in [1.54, 1.807) is 0 Å². The summed E-state index contributed by atoms with van der Waals surface area (Å²) >= 11 is 0. The molecule has 5 heteroatoms. The Hall–Kier alpha value is -2.80. The van der Waals surface area contributed by atoms with Crippen LogP contribution in [0.2, 0.25) is 0 Å². The Morgan fingerprint density at radius 3 is 1.34 bits per heavy atom. The third-order valence-corrected chi connectivity index (χ3v) is 8.79. The quantitative estimate of drug-likeness (QED) is 0.267. The van der Waals surface area contributed by atoms with Crippen molar-refractivity contribution in [3.63, 3.8) is 0 Å². The summed E-state index contributed by atoms with van der Waals surface area (Å²) in [5.74, 6) is 2.06. The van der Waals surface area contributed by atoms with Gasteiger partial charge < -0.3 is 34.6 Å². The first-order valence-corrected chi connectivity index (χ1v) is 16.4. The molecule has 1 aliphatic carbocycles. The standard InChI is InChI=1S/C27H39N2.C15H10.2ClH.Ru/c1-18(2)22-11-9-12-23(19(3)4)26(22)28-15-16-29(17-28)27-24(20(5)6)13-10-14-25(27)21(7)8;1-2-6-12(7-3-1)15-11-10-13-8-4-5-9-14(13)15;;;/h9-14,17-21H,15-16H2,1-8H3;1-9,11H;2*1H;/q;;;;+2/p-2. The number of para-hydroxylation sites is 2. The molecule has 6 rings (SSSR count). The van der Waals surface area contributed by atoms with Gasteiger partial charge in [0.25, 0.3) is 0 Å². The fourth-order valence-electron chi connectivity index (χ4n) is 6.45. The Kier molecular flexibility index (Phi) is 15.5. The van der Waals surface area contributed by atoms with E-state index in [-0.39, 0.29) is 44.3 Å². The van der Waals surface area contributed by atoms with Gasteiger partial charge in [-0.1, -0.05) is 140 Å². The SMILES string of the molecule is C1=CC(c2ccccc2)=c2ccccc2=1.CC(C)c1cccc(C(C)C)c1N1[CH]N(c2c(C(C)C)cccc2C(C)C)CC1.[Cl-].[Cl-].[Ru+2]. The van der Waals surface area contributed by atoms with E-state index in [0.717, 1.165) is 13.1 Å². The summed E-state index contributed by atoms with van der Waals surface area (Å²) in [6, 6.07) is 32.5. The third-order valence-electron chi connectivity index (χ3n) is 8.79. The summed E-state index contributed by atoms with van der Waals surface area (Å²) in [6.45, 7) is 22.9. The van der Waals surface area contributed by atoms with Crippen molar-refractivity contribution < 1.29 is 44.3 Å². The fourth-order valence-corrected chi connectivity index (χ4v) is 6.45. The average molecular weight is 754 g/mol. The van der Waals surface area contributed by atoms with Gasteiger partial charge in [-0.15, -0.1) is 5.73 Å². The molecule has 2 aliphatic rings. The van der Waals surface area contributed by atoms with Crippen LogP contribution in [0.3, 0.4) is 0 Å². The molecule has 0 N–H and O–H groups in total. The number of fused-ring (bicyclic) bond motifs is 1. The Bertz CT molecular complexity index is 1630. The molecule has 47 heavy (non-hydrogen) atoms. The monoisotopic (exact) mass is 753 g/mol. The summed E-state index contributed by atoms with van der Waals surface area (Å²) in [4.78, 5) is 5.01. The van der Waals surface area contributed by atoms with Gasteiger partial charge in [-0.25, -0.2) is 0 Å². The first-order chi connectivity index (χ1) is 21.2. The summed E-state index contributed by atoms with van der Waals surface area (Å²) in [5.41, 5.74) is 14.5. The van der Waals surface area contributed by atoms with E-state index in [0.29, 0.717) is 23.7 Å². The summed E-state index contributed by atoms with van der Waals surface area (Å²) < 4.78 is 0. The van der Waals surface area contributed by atoms with Gasteiger partial charge >= 0.3 is 19.5 Å². The average Bonchev–Trinajstić information content (AvgIpc) is 3.69. The molecule has 1 heterocycles. The second kappa shape index (κ2) is 18.1. The predicted molar refractivity (Wildman–Crippen MR) is 191 cm³/mol. The maximum absolute atomic E-state index is 3.29. The number of nitrogens with zero attached hydrogens (tertiary/aromatic N) is 2. The summed E-state index contributed by atoms with van der Waals surface area (Å²) in [6.07, 6.45) is 2.07. The molecular weight excluding hydrogens is 704 g/mol. The molecule has 0 bridgehead atoms. The van der Waals surface area contributed by atoms with Crippen molar-refractivity contribution >= 4 is 22.7 Å². The minimum Gasteiger partial charge on any atom is -1.00 e. The largest absolute Gasteiger partial charge is 2.00 e. The number of anilines is 2. The first-order valence-electron chi connectivity index (χ1n) is 16.4. The van der Waals surface area contributed by atoms with Crippen molar-refractivity contribution in [1.82, 2.24) is 0 Å². The number of rotatable bonds is 7. The van der Waals surface area contributed by atoms with E-state index < -0.39 is 0 Å². The normalized spacial score (nSPS) is 13.1. The van der Waals surface area contributed by atoms with Gasteiger partial charge in [-0.3, -0.25) is 0 Å². The van der Waals surface area contributed by atoms with Crippen LogP contribution >= 0.6 is 0 Å². The van der Waals surface area contributed by atoms with E-state index >= 15 is 0 Å². The minimum atomic E-state index is 0. The molecule has 2 nitrogen and oxygen atoms in total. The molecule has 1 saturated heterocycles. The second-order valence-electron chi connectivity index (χ2n) is 13.3. The van der Waals surface area contributed by atoms with Gasteiger partial charge in [0.2, 0.25) is 0 Å². The summed E-state index contributed by atoms with van der Waals surface area (Å²) in [7, 11) is 0. The van der Waals surface area contributed by atoms with Crippen LogP contribution in [0.15, 0.2) is 97.1 Å². The minimum absolute atomic E-state index is 0. The maximum Gasteiger partial charge on any atom is 2.00 e. The molecule has 0 amide bonds. The van der Waals surface area contributed by atoms with E-state index in [4.69, 9.17) is 0 Å². The van der Waals surface area contributed by atoms with E-state index in [2.05, 4.69) is 163 Å². The molecule has 0 spiro atoms. The van der Waals surface area contributed by atoms with Crippen molar-refractivity contribution in [3.05, 3.63) is 142 Å². The molecule has 4 aromatic rings. The second-order valence-corrected chi connectivity index (χ2v) is 13.3. The first kappa shape index (κ1) is 40.4. The zero-order valence-electron chi connectivity index (χ0n) is 29.0. The van der Waals surface area contributed by atoms with Crippen LogP contribution in [0.25, 0.3) is 11.3 Å². The third kappa shape index (κ3) is 9.01. The van der Waals surface area contributed by atoms with Gasteiger partial charge in [0, 0.05) is 29.7 Å². The van der Waals surface area contributed by atoms with Crippen LogP contribution in [0.5, 0.6) is 0 Å². The van der Waals surface area contributed by atoms with Gasteiger partial charge in [0.05, 0.1) is 0 Å². The van der Waals surface area contributed by atoms with E-state index in [1.807, 2.05) is 12.1 Å². The smallest absolute Gasteiger partial charge is 1.00 e. The molecule has 0 saturated carbocycles. The molecule has 0 unspecified atom stereocenters. The van der Waals surface area contributed by atoms with Crippen molar-refractivity contribution in [1.29, 1.82) is 0 Å². The number of hydrogen-bond acceptors (Lipinski definition) is 2. The zero-order chi connectivity index (χ0) is 31.4. The van der Waals surface area contributed by atoms with Crippen LogP contribution < -0.4 is 45.1 Å². The Balaban J connectivity index is 0.000000361. The van der Waals surface area contributed by atoms with Crippen LogP contribution in [0, 0.1) is 6.67 Å². The molecule has 1 radical (unpaired) electrons. The Morgan fingerprint density at radius 2 is 0.915 bits per heavy atom. The fraction of sp³-hybridized carbons (Fsp3) is 0.333. The van der Waals surface area contributed by atoms with Crippen LogP contribution in [0.1, 0.15) is 107 Å². The molecule has 0 atom stereocenters. The molecule has 249 valence electrons. The van der Waals surface area contributed by atoms with Gasteiger partial charge in [0.15, 0.2) is 0 Å². The van der Waals surface area contributed by atoms with Crippen molar-refractivity contribution in [2.24, 2.45) is 0 Å². The Labute approximate surface area is 309 Å². The zero-order valence-corrected chi connectivity index (χ0v) is 32.3. The van der Waals surface area contributed by atoms with Crippen molar-refractivity contribution in [2.75, 3.05) is 22.9 Å². The molecule has 4 aromatic carbocycles. The van der Waals surface area contributed by atoms with Crippen LogP contribution in [-0.4, -0.2) is 13.1 Å². The molecule has 1 fully saturated rings. The topological polar surface area (TPSA) is 6.48 Å². The molecule has 1 aliphatic heterocycles. The molecule has 0 aromatic heterocycles. The van der Waals surface area contributed by atoms with Gasteiger partial charge in [0.1, 0.15) is 6.67 Å². The van der Waals surface area contributed by atoms with Gasteiger partial charge in [-0.2, -0.15) is 0 Å². The van der Waals surface area contributed by atoms with Crippen molar-refractivity contribution in [2.45, 2.75) is 79.1 Å². The number of halogens is 2. The van der Waals surface area contributed by atoms with E-state index in [1.165, 1.54) is 55.2 Å². The van der Waals surface area contributed by atoms with Crippen molar-refractivity contribution in [3.8, 4) is 0 Å². The summed E-state index contributed by atoms with van der Waals surface area (Å²) in [5, 5.41) is 2.47. The van der Waals surface area contributed by atoms with Crippen LogP contribution in [-0.2, 0) is 19.5 Å². The number of allylic oxidation sites excluding steroid dienone is 1. The number of hydrogen-bond donors (Lipinski definition) is 0.